The van der Waals surface area contributed by atoms with Gasteiger partial charge < -0.3 is 10.4 Å². The van der Waals surface area contributed by atoms with Gasteiger partial charge in [0.15, 0.2) is 0 Å². The monoisotopic (exact) mass is 327 g/mol. The largest absolute Gasteiger partial charge is 0.408 e. The van der Waals surface area contributed by atoms with Crippen LogP contribution in [0.3, 0.4) is 0 Å². The molecule has 23 heavy (non-hydrogen) atoms. The van der Waals surface area contributed by atoms with Gasteiger partial charge in [0.2, 0.25) is 0 Å². The summed E-state index contributed by atoms with van der Waals surface area (Å²) in [5.41, 5.74) is 1.65. The molecule has 0 saturated carbocycles. The Kier molecular flexibility index (Phi) is 5.43. The number of rotatable bonds is 6. The zero-order chi connectivity index (χ0) is 17.0. The fourth-order valence-electron chi connectivity index (χ4n) is 2.60. The summed E-state index contributed by atoms with van der Waals surface area (Å²) in [7, 11) is 0. The molecule has 0 aliphatic heterocycles. The Morgan fingerprint density at radius 3 is 2.43 bits per heavy atom. The second-order valence-electron chi connectivity index (χ2n) is 5.34. The SMILES string of the molecule is Cc1nn(-c2ccccc2)c(C)c1C(NCCCO)C(F)(F)F. The van der Waals surface area contributed by atoms with E-state index in [2.05, 4.69) is 10.4 Å². The number of hydrogen-bond donors (Lipinski definition) is 2. The predicted octanol–water partition coefficient (Wildman–Crippen LogP) is 3.06. The molecular formula is C16H20F3N3O. The summed E-state index contributed by atoms with van der Waals surface area (Å²) < 4.78 is 41.9. The molecule has 1 unspecified atom stereocenters. The van der Waals surface area contributed by atoms with Crippen molar-refractivity contribution >= 4 is 0 Å². The van der Waals surface area contributed by atoms with Crippen LogP contribution in [-0.2, 0) is 0 Å². The minimum atomic E-state index is -4.43. The lowest BCUT2D eigenvalue weighted by Gasteiger charge is -2.22. The maximum atomic E-state index is 13.4. The van der Waals surface area contributed by atoms with Crippen LogP contribution in [0.2, 0.25) is 0 Å². The Bertz CT molecular complexity index is 638. The van der Waals surface area contributed by atoms with E-state index < -0.39 is 12.2 Å². The molecule has 1 aromatic carbocycles. The van der Waals surface area contributed by atoms with E-state index in [0.717, 1.165) is 5.69 Å². The molecule has 2 aromatic rings. The lowest BCUT2D eigenvalue weighted by molar-refractivity contribution is -0.158. The van der Waals surface area contributed by atoms with Crippen molar-refractivity contribution in [1.82, 2.24) is 15.1 Å². The van der Waals surface area contributed by atoms with Gasteiger partial charge in [-0.25, -0.2) is 4.68 Å². The van der Waals surface area contributed by atoms with Gasteiger partial charge in [0, 0.05) is 17.9 Å². The maximum Gasteiger partial charge on any atom is 0.408 e. The molecule has 1 heterocycles. The van der Waals surface area contributed by atoms with E-state index >= 15 is 0 Å². The van der Waals surface area contributed by atoms with Crippen LogP contribution in [0.4, 0.5) is 13.2 Å². The molecule has 7 heteroatoms. The number of nitrogens with zero attached hydrogens (tertiary/aromatic N) is 2. The molecule has 0 fully saturated rings. The predicted molar refractivity (Wildman–Crippen MR) is 81.5 cm³/mol. The molecule has 2 rings (SSSR count). The van der Waals surface area contributed by atoms with Crippen molar-refractivity contribution in [2.75, 3.05) is 13.2 Å². The van der Waals surface area contributed by atoms with E-state index in [0.29, 0.717) is 11.4 Å². The van der Waals surface area contributed by atoms with Crippen molar-refractivity contribution in [3.63, 3.8) is 0 Å². The molecule has 0 spiro atoms. The molecule has 126 valence electrons. The first kappa shape index (κ1) is 17.5. The molecule has 0 radical (unpaired) electrons. The van der Waals surface area contributed by atoms with Crippen LogP contribution in [0.15, 0.2) is 30.3 Å². The Hall–Kier alpha value is -1.86. The highest BCUT2D eigenvalue weighted by molar-refractivity contribution is 5.38. The van der Waals surface area contributed by atoms with E-state index in [1.165, 1.54) is 4.68 Å². The minimum absolute atomic E-state index is 0.0794. The summed E-state index contributed by atoms with van der Waals surface area (Å²) in [6.07, 6.45) is -4.17. The molecule has 2 N–H and O–H groups in total. The summed E-state index contributed by atoms with van der Waals surface area (Å²) >= 11 is 0. The second kappa shape index (κ2) is 7.14. The van der Waals surface area contributed by atoms with Crippen LogP contribution < -0.4 is 5.32 Å². The van der Waals surface area contributed by atoms with Gasteiger partial charge in [-0.15, -0.1) is 0 Å². The minimum Gasteiger partial charge on any atom is -0.396 e. The van der Waals surface area contributed by atoms with Gasteiger partial charge in [-0.1, -0.05) is 18.2 Å². The first-order valence-electron chi connectivity index (χ1n) is 7.38. The van der Waals surface area contributed by atoms with Crippen LogP contribution in [0, 0.1) is 13.8 Å². The Labute approximate surface area is 132 Å². The van der Waals surface area contributed by atoms with E-state index in [1.807, 2.05) is 18.2 Å². The van der Waals surface area contributed by atoms with Crippen molar-refractivity contribution in [2.24, 2.45) is 0 Å². The lowest BCUT2D eigenvalue weighted by Crippen LogP contribution is -2.35. The van der Waals surface area contributed by atoms with Crippen molar-refractivity contribution in [3.05, 3.63) is 47.3 Å². The topological polar surface area (TPSA) is 50.1 Å². The average Bonchev–Trinajstić information content (AvgIpc) is 2.79. The number of benzene rings is 1. The third kappa shape index (κ3) is 3.92. The molecule has 0 amide bonds. The second-order valence-corrected chi connectivity index (χ2v) is 5.34. The Morgan fingerprint density at radius 1 is 1.22 bits per heavy atom. The number of aromatic nitrogens is 2. The van der Waals surface area contributed by atoms with Gasteiger partial charge in [-0.3, -0.25) is 0 Å². The third-order valence-corrected chi connectivity index (χ3v) is 3.65. The van der Waals surface area contributed by atoms with Crippen LogP contribution >= 0.6 is 0 Å². The fraction of sp³-hybridized carbons (Fsp3) is 0.438. The van der Waals surface area contributed by atoms with Crippen LogP contribution in [0.25, 0.3) is 5.69 Å². The number of aryl methyl sites for hydroxylation is 1. The highest BCUT2D eigenvalue weighted by atomic mass is 19.4. The van der Waals surface area contributed by atoms with Crippen molar-refractivity contribution in [3.8, 4) is 5.69 Å². The first-order valence-corrected chi connectivity index (χ1v) is 7.38. The summed E-state index contributed by atoms with van der Waals surface area (Å²) in [4.78, 5) is 0. The number of halogens is 3. The Morgan fingerprint density at radius 2 is 1.87 bits per heavy atom. The third-order valence-electron chi connectivity index (χ3n) is 3.65. The van der Waals surface area contributed by atoms with E-state index in [1.54, 1.807) is 26.0 Å². The standard InChI is InChI=1S/C16H20F3N3O/c1-11-14(15(16(17,18)19)20-9-6-10-23)12(2)22(21-11)13-7-4-3-5-8-13/h3-5,7-8,15,20,23H,6,9-10H2,1-2H3. The number of nitrogens with one attached hydrogen (secondary N) is 1. The van der Waals surface area contributed by atoms with E-state index in [4.69, 9.17) is 5.11 Å². The average molecular weight is 327 g/mol. The normalized spacial score (nSPS) is 13.3. The van der Waals surface area contributed by atoms with Gasteiger partial charge in [0.1, 0.15) is 6.04 Å². The zero-order valence-electron chi connectivity index (χ0n) is 13.1. The summed E-state index contributed by atoms with van der Waals surface area (Å²) in [5, 5.41) is 15.5. The van der Waals surface area contributed by atoms with Gasteiger partial charge in [0.05, 0.1) is 11.4 Å². The van der Waals surface area contributed by atoms with Crippen molar-refractivity contribution in [2.45, 2.75) is 32.5 Å². The fourth-order valence-corrected chi connectivity index (χ4v) is 2.60. The number of alkyl halides is 3. The van der Waals surface area contributed by atoms with Gasteiger partial charge in [-0.05, 0) is 38.9 Å². The van der Waals surface area contributed by atoms with Crippen molar-refractivity contribution in [1.29, 1.82) is 0 Å². The van der Waals surface area contributed by atoms with Gasteiger partial charge in [0.25, 0.3) is 0 Å². The summed E-state index contributed by atoms with van der Waals surface area (Å²) in [5.74, 6) is 0. The first-order chi connectivity index (χ1) is 10.9. The van der Waals surface area contributed by atoms with Gasteiger partial charge in [-0.2, -0.15) is 18.3 Å². The zero-order valence-corrected chi connectivity index (χ0v) is 13.1. The quantitative estimate of drug-likeness (QED) is 0.802. The smallest absolute Gasteiger partial charge is 0.396 e. The van der Waals surface area contributed by atoms with Gasteiger partial charge >= 0.3 is 6.18 Å². The Balaban J connectivity index is 2.42. The highest BCUT2D eigenvalue weighted by Gasteiger charge is 2.43. The number of hydrogen-bond acceptors (Lipinski definition) is 3. The number of aliphatic hydroxyl groups is 1. The molecule has 0 saturated heterocycles. The lowest BCUT2D eigenvalue weighted by atomic mass is 10.0. The molecule has 1 aromatic heterocycles. The summed E-state index contributed by atoms with van der Waals surface area (Å²) in [6, 6.07) is 7.26. The van der Waals surface area contributed by atoms with E-state index in [9.17, 15) is 13.2 Å². The molecule has 0 aliphatic carbocycles. The summed E-state index contributed by atoms with van der Waals surface area (Å²) in [6.45, 7) is 3.14. The van der Waals surface area contributed by atoms with Crippen LogP contribution in [0.5, 0.6) is 0 Å². The molecule has 0 aliphatic rings. The highest BCUT2D eigenvalue weighted by Crippen LogP contribution is 2.36. The van der Waals surface area contributed by atoms with Crippen LogP contribution in [0.1, 0.15) is 29.4 Å². The van der Waals surface area contributed by atoms with E-state index in [-0.39, 0.29) is 25.1 Å². The molecule has 1 atom stereocenters. The maximum absolute atomic E-state index is 13.4. The number of para-hydroxylation sites is 1. The molecular weight excluding hydrogens is 307 g/mol. The van der Waals surface area contributed by atoms with Crippen LogP contribution in [-0.4, -0.2) is 34.2 Å². The molecule has 4 nitrogen and oxygen atoms in total. The molecule has 0 bridgehead atoms. The number of aliphatic hydroxyl groups excluding tert-OH is 1. The van der Waals surface area contributed by atoms with Crippen molar-refractivity contribution < 1.29 is 18.3 Å².